The van der Waals surface area contributed by atoms with E-state index in [0.29, 0.717) is 0 Å². The number of aryl methyl sites for hydroxylation is 2. The van der Waals surface area contributed by atoms with Crippen molar-refractivity contribution in [2.75, 3.05) is 0 Å². The number of pyridine rings is 2. The molecule has 2 aromatic carbocycles. The Hall–Kier alpha value is -2.74. The molecule has 22 heavy (non-hydrogen) atoms. The molecule has 0 saturated heterocycles. The maximum Gasteiger partial charge on any atom is 0.223 e. The number of fused-ring (bicyclic) bond motifs is 2. The van der Waals surface area contributed by atoms with E-state index in [2.05, 4.69) is 78.1 Å². The highest BCUT2D eigenvalue weighted by atomic mass is 15.0. The second kappa shape index (κ2) is 4.92. The Kier molecular flexibility index (Phi) is 2.90. The Morgan fingerprint density at radius 1 is 0.909 bits per heavy atom. The third-order valence-corrected chi connectivity index (χ3v) is 4.15. The summed E-state index contributed by atoms with van der Waals surface area (Å²) < 4.78 is 2.30. The quantitative estimate of drug-likeness (QED) is 0.477. The fourth-order valence-corrected chi connectivity index (χ4v) is 3.14. The largest absolute Gasteiger partial charge is 0.264 e. The molecular formula is C20H17N2+. The summed E-state index contributed by atoms with van der Waals surface area (Å²) in [6.45, 7) is 4.30. The van der Waals surface area contributed by atoms with Crippen molar-refractivity contribution < 1.29 is 4.57 Å². The van der Waals surface area contributed by atoms with Crippen LogP contribution in [0.25, 0.3) is 27.4 Å². The molecule has 0 saturated carbocycles. The molecular weight excluding hydrogens is 268 g/mol. The molecule has 0 fully saturated rings. The minimum atomic E-state index is 1.18. The van der Waals surface area contributed by atoms with Gasteiger partial charge in [0.05, 0.1) is 5.39 Å². The number of benzene rings is 2. The molecule has 4 aromatic rings. The predicted molar refractivity (Wildman–Crippen MR) is 90.3 cm³/mol. The third-order valence-electron chi connectivity index (χ3n) is 4.15. The van der Waals surface area contributed by atoms with E-state index >= 15 is 0 Å². The van der Waals surface area contributed by atoms with Crippen LogP contribution in [0, 0.1) is 13.8 Å². The van der Waals surface area contributed by atoms with E-state index in [-0.39, 0.29) is 0 Å². The standard InChI is InChI=1S/C20H17N2/c1-14-11-17-5-3-4-6-19(17)22(13-14)20-15(2)7-8-16-9-10-21-12-18(16)20/h3-13H,1-2H3/q+1. The van der Waals surface area contributed by atoms with E-state index in [0.717, 1.165) is 0 Å². The van der Waals surface area contributed by atoms with Crippen LogP contribution >= 0.6 is 0 Å². The normalized spacial score (nSPS) is 11.2. The van der Waals surface area contributed by atoms with Gasteiger partial charge < -0.3 is 0 Å². The van der Waals surface area contributed by atoms with Crippen molar-refractivity contribution in [1.29, 1.82) is 0 Å². The van der Waals surface area contributed by atoms with Gasteiger partial charge >= 0.3 is 0 Å². The summed E-state index contributed by atoms with van der Waals surface area (Å²) in [6, 6.07) is 17.1. The monoisotopic (exact) mass is 285 g/mol. The van der Waals surface area contributed by atoms with E-state index in [4.69, 9.17) is 0 Å². The number of aromatic nitrogens is 2. The number of hydrogen-bond donors (Lipinski definition) is 0. The van der Waals surface area contributed by atoms with Crippen LogP contribution < -0.4 is 4.57 Å². The molecule has 0 spiro atoms. The maximum absolute atomic E-state index is 4.33. The number of hydrogen-bond acceptors (Lipinski definition) is 1. The van der Waals surface area contributed by atoms with Gasteiger partial charge in [0.2, 0.25) is 11.2 Å². The molecule has 106 valence electrons. The fourth-order valence-electron chi connectivity index (χ4n) is 3.14. The van der Waals surface area contributed by atoms with Gasteiger partial charge in [-0.25, -0.2) is 0 Å². The highest BCUT2D eigenvalue weighted by Crippen LogP contribution is 2.23. The summed E-state index contributed by atoms with van der Waals surface area (Å²) in [5.74, 6) is 0. The van der Waals surface area contributed by atoms with Crippen LogP contribution in [-0.4, -0.2) is 4.98 Å². The van der Waals surface area contributed by atoms with Gasteiger partial charge in [-0.3, -0.25) is 4.98 Å². The summed E-state index contributed by atoms with van der Waals surface area (Å²) in [5.41, 5.74) is 4.93. The van der Waals surface area contributed by atoms with Crippen LogP contribution in [0.4, 0.5) is 0 Å². The van der Waals surface area contributed by atoms with Crippen molar-refractivity contribution in [1.82, 2.24) is 4.98 Å². The first kappa shape index (κ1) is 13.0. The predicted octanol–water partition coefficient (Wildman–Crippen LogP) is 4.28. The van der Waals surface area contributed by atoms with E-state index in [1.165, 1.54) is 38.5 Å². The fraction of sp³-hybridized carbons (Fsp3) is 0.100. The van der Waals surface area contributed by atoms with Crippen LogP contribution in [0.5, 0.6) is 0 Å². The lowest BCUT2D eigenvalue weighted by Gasteiger charge is -2.08. The zero-order chi connectivity index (χ0) is 15.1. The van der Waals surface area contributed by atoms with Crippen molar-refractivity contribution in [2.24, 2.45) is 0 Å². The van der Waals surface area contributed by atoms with Crippen LogP contribution in [0.1, 0.15) is 11.1 Å². The first-order chi connectivity index (χ1) is 10.7. The van der Waals surface area contributed by atoms with Crippen molar-refractivity contribution in [3.63, 3.8) is 0 Å². The summed E-state index contributed by atoms with van der Waals surface area (Å²) in [7, 11) is 0. The van der Waals surface area contributed by atoms with Gasteiger partial charge in [0.15, 0.2) is 6.20 Å². The average molecular weight is 285 g/mol. The molecule has 2 heterocycles. The number of para-hydroxylation sites is 1. The molecule has 0 aliphatic heterocycles. The summed E-state index contributed by atoms with van der Waals surface area (Å²) in [6.07, 6.45) is 6.01. The molecule has 0 radical (unpaired) electrons. The van der Waals surface area contributed by atoms with Gasteiger partial charge in [-0.1, -0.05) is 24.3 Å². The number of rotatable bonds is 1. The Balaban J connectivity index is 2.18. The van der Waals surface area contributed by atoms with E-state index in [9.17, 15) is 0 Å². The zero-order valence-corrected chi connectivity index (χ0v) is 12.7. The molecule has 2 heteroatoms. The van der Waals surface area contributed by atoms with Gasteiger partial charge in [-0.2, -0.15) is 4.57 Å². The number of nitrogens with zero attached hydrogens (tertiary/aromatic N) is 2. The van der Waals surface area contributed by atoms with Gasteiger partial charge in [0, 0.05) is 35.0 Å². The smallest absolute Gasteiger partial charge is 0.223 e. The van der Waals surface area contributed by atoms with Crippen molar-refractivity contribution in [2.45, 2.75) is 13.8 Å². The molecule has 4 rings (SSSR count). The minimum absolute atomic E-state index is 1.18. The van der Waals surface area contributed by atoms with Gasteiger partial charge in [-0.15, -0.1) is 0 Å². The molecule has 0 bridgehead atoms. The second-order valence-electron chi connectivity index (χ2n) is 5.77. The molecule has 0 unspecified atom stereocenters. The first-order valence-corrected chi connectivity index (χ1v) is 7.49. The summed E-state index contributed by atoms with van der Waals surface area (Å²) in [5, 5.41) is 3.65. The van der Waals surface area contributed by atoms with Crippen LogP contribution in [0.3, 0.4) is 0 Å². The zero-order valence-electron chi connectivity index (χ0n) is 12.7. The SMILES string of the molecule is Cc1cc2ccccc2[n+](-c2c(C)ccc3ccncc23)c1. The van der Waals surface area contributed by atoms with Gasteiger partial charge in [0.25, 0.3) is 0 Å². The Labute approximate surface area is 129 Å². The van der Waals surface area contributed by atoms with Crippen LogP contribution in [-0.2, 0) is 0 Å². The highest BCUT2D eigenvalue weighted by Gasteiger charge is 2.18. The van der Waals surface area contributed by atoms with Crippen LogP contribution in [0.2, 0.25) is 0 Å². The third kappa shape index (κ3) is 1.96. The molecule has 0 atom stereocenters. The highest BCUT2D eigenvalue weighted by molar-refractivity contribution is 5.89. The van der Waals surface area contributed by atoms with E-state index in [1.807, 2.05) is 12.4 Å². The van der Waals surface area contributed by atoms with Crippen molar-refractivity contribution in [3.05, 3.63) is 78.2 Å². The molecule has 0 N–H and O–H groups in total. The summed E-state index contributed by atoms with van der Waals surface area (Å²) in [4.78, 5) is 4.33. The Morgan fingerprint density at radius 3 is 2.68 bits per heavy atom. The van der Waals surface area contributed by atoms with E-state index in [1.54, 1.807) is 0 Å². The van der Waals surface area contributed by atoms with Crippen molar-refractivity contribution in [3.8, 4) is 5.69 Å². The lowest BCUT2D eigenvalue weighted by Crippen LogP contribution is -2.33. The molecule has 0 aliphatic carbocycles. The second-order valence-corrected chi connectivity index (χ2v) is 5.77. The maximum atomic E-state index is 4.33. The lowest BCUT2D eigenvalue weighted by atomic mass is 10.1. The van der Waals surface area contributed by atoms with E-state index < -0.39 is 0 Å². The Bertz CT molecular complexity index is 1000. The van der Waals surface area contributed by atoms with Crippen molar-refractivity contribution >= 4 is 21.7 Å². The molecule has 2 aromatic heterocycles. The van der Waals surface area contributed by atoms with Crippen LogP contribution in [0.15, 0.2) is 67.1 Å². The summed E-state index contributed by atoms with van der Waals surface area (Å²) >= 11 is 0. The molecule has 0 aliphatic rings. The Morgan fingerprint density at radius 2 is 1.77 bits per heavy atom. The molecule has 0 amide bonds. The molecule has 2 nitrogen and oxygen atoms in total. The van der Waals surface area contributed by atoms with Gasteiger partial charge in [0.1, 0.15) is 0 Å². The first-order valence-electron chi connectivity index (χ1n) is 7.49. The lowest BCUT2D eigenvalue weighted by molar-refractivity contribution is -0.566. The van der Waals surface area contributed by atoms with Gasteiger partial charge in [-0.05, 0) is 37.4 Å². The topological polar surface area (TPSA) is 16.8 Å². The minimum Gasteiger partial charge on any atom is -0.264 e. The average Bonchev–Trinajstić information content (AvgIpc) is 2.54.